The third kappa shape index (κ3) is 1.69. The molecule has 17 heavy (non-hydrogen) atoms. The summed E-state index contributed by atoms with van der Waals surface area (Å²) in [5.41, 5.74) is 7.93. The Bertz CT molecular complexity index is 662. The van der Waals surface area contributed by atoms with Crippen molar-refractivity contribution in [3.05, 3.63) is 48.5 Å². The molecule has 0 saturated heterocycles. The largest absolute Gasteiger partial charge is 0.383 e. The van der Waals surface area contributed by atoms with Gasteiger partial charge < -0.3 is 5.73 Å². The Morgan fingerprint density at radius 3 is 1.88 bits per heavy atom. The molecule has 0 bridgehead atoms. The normalized spacial score (nSPS) is 11.1. The number of rotatable bonds is 1. The highest BCUT2D eigenvalue weighted by atomic mass is 32.2. The third-order valence-electron chi connectivity index (χ3n) is 2.72. The van der Waals surface area contributed by atoms with E-state index in [1.165, 1.54) is 22.7 Å². The number of nitrogens with zero attached hydrogens (tertiary/aromatic N) is 1. The molecular formula is C13H10N2S2. The fraction of sp³-hybridized carbons (Fsp3) is 0. The van der Waals surface area contributed by atoms with Crippen LogP contribution < -0.4 is 5.73 Å². The molecule has 0 aliphatic carbocycles. The van der Waals surface area contributed by atoms with Gasteiger partial charge in [-0.05, 0) is 12.1 Å². The van der Waals surface area contributed by atoms with E-state index in [9.17, 15) is 0 Å². The Morgan fingerprint density at radius 1 is 0.941 bits per heavy atom. The molecule has 3 rings (SSSR count). The molecule has 0 spiro atoms. The molecule has 2 aromatic carbocycles. The van der Waals surface area contributed by atoms with Crippen LogP contribution in [0.25, 0.3) is 21.8 Å². The van der Waals surface area contributed by atoms with Crippen molar-refractivity contribution in [3.8, 4) is 0 Å². The van der Waals surface area contributed by atoms with Crippen molar-refractivity contribution in [3.63, 3.8) is 0 Å². The zero-order valence-corrected chi connectivity index (χ0v) is 10.6. The summed E-state index contributed by atoms with van der Waals surface area (Å²) in [4.78, 5) is 0. The van der Waals surface area contributed by atoms with Crippen molar-refractivity contribution < 1.29 is 0 Å². The van der Waals surface area contributed by atoms with Crippen LogP contribution in [0.4, 0.5) is 0 Å². The average molecular weight is 258 g/mol. The van der Waals surface area contributed by atoms with Crippen molar-refractivity contribution in [2.45, 2.75) is 0 Å². The lowest BCUT2D eigenvalue weighted by atomic mass is 10.2. The van der Waals surface area contributed by atoms with E-state index in [2.05, 4.69) is 28.2 Å². The first-order valence-electron chi connectivity index (χ1n) is 5.23. The van der Waals surface area contributed by atoms with E-state index in [0.717, 1.165) is 11.0 Å². The number of benzene rings is 2. The lowest BCUT2D eigenvalue weighted by Crippen LogP contribution is -2.05. The molecule has 0 unspecified atom stereocenters. The molecule has 0 amide bonds. The smallest absolute Gasteiger partial charge is 0.152 e. The predicted molar refractivity (Wildman–Crippen MR) is 79.2 cm³/mol. The molecule has 2 N–H and O–H groups in total. The van der Waals surface area contributed by atoms with Gasteiger partial charge in [-0.1, -0.05) is 48.6 Å². The van der Waals surface area contributed by atoms with Crippen LogP contribution in [-0.2, 0) is 0 Å². The zero-order valence-electron chi connectivity index (χ0n) is 8.96. The van der Waals surface area contributed by atoms with E-state index in [1.54, 1.807) is 0 Å². The maximum absolute atomic E-state index is 5.64. The highest BCUT2D eigenvalue weighted by molar-refractivity contribution is 8.22. The van der Waals surface area contributed by atoms with Crippen molar-refractivity contribution in [2.75, 3.05) is 0 Å². The van der Waals surface area contributed by atoms with E-state index in [1.807, 2.05) is 24.3 Å². The molecule has 3 aromatic rings. The molecule has 1 heterocycles. The molecule has 0 aliphatic rings. The highest BCUT2D eigenvalue weighted by Crippen LogP contribution is 2.31. The monoisotopic (exact) mass is 258 g/mol. The van der Waals surface area contributed by atoms with E-state index in [4.69, 9.17) is 18.0 Å². The maximum atomic E-state index is 5.64. The summed E-state index contributed by atoms with van der Waals surface area (Å²) in [6.45, 7) is 0. The van der Waals surface area contributed by atoms with Crippen molar-refractivity contribution in [1.29, 1.82) is 0 Å². The van der Waals surface area contributed by atoms with Gasteiger partial charge in [0.2, 0.25) is 0 Å². The number of hydrogen-bond acceptors (Lipinski definition) is 2. The van der Waals surface area contributed by atoms with Gasteiger partial charge in [-0.2, -0.15) is 0 Å². The Labute approximate surface area is 109 Å². The number of fused-ring (bicyclic) bond motifs is 3. The van der Waals surface area contributed by atoms with Gasteiger partial charge in [0.05, 0.1) is 11.0 Å². The van der Waals surface area contributed by atoms with Crippen LogP contribution in [0, 0.1) is 0 Å². The summed E-state index contributed by atoms with van der Waals surface area (Å²) in [6.07, 6.45) is 0. The van der Waals surface area contributed by atoms with Crippen LogP contribution in [0.15, 0.2) is 48.5 Å². The van der Waals surface area contributed by atoms with Crippen LogP contribution in [0.1, 0.15) is 0 Å². The summed E-state index contributed by atoms with van der Waals surface area (Å²) in [7, 11) is 0. The van der Waals surface area contributed by atoms with Gasteiger partial charge in [-0.25, -0.2) is 0 Å². The van der Waals surface area contributed by atoms with Gasteiger partial charge in [0.1, 0.15) is 0 Å². The van der Waals surface area contributed by atoms with Gasteiger partial charge in [-0.15, -0.1) is 0 Å². The van der Waals surface area contributed by atoms with E-state index < -0.39 is 0 Å². The fourth-order valence-corrected chi connectivity index (χ4v) is 2.99. The van der Waals surface area contributed by atoms with Gasteiger partial charge in [0, 0.05) is 22.7 Å². The Kier molecular flexibility index (Phi) is 2.53. The molecule has 0 radical (unpaired) electrons. The summed E-state index contributed by atoms with van der Waals surface area (Å²) < 4.78 is 2.52. The first-order valence-corrected chi connectivity index (χ1v) is 6.41. The lowest BCUT2D eigenvalue weighted by Gasteiger charge is -2.03. The van der Waals surface area contributed by atoms with E-state index >= 15 is 0 Å². The van der Waals surface area contributed by atoms with Crippen LogP contribution in [-0.4, -0.2) is 8.29 Å². The summed E-state index contributed by atoms with van der Waals surface area (Å²) >= 11 is 6.38. The lowest BCUT2D eigenvalue weighted by molar-refractivity contribution is 1.43. The standard InChI is InChI=1S/C13H10N2S2/c14-13(16)17-15-11-7-3-1-5-9(11)10-6-2-4-8-12(10)15/h1-8H,(H2,14,16). The molecule has 0 fully saturated rings. The Balaban J connectivity index is 2.45. The molecule has 4 heteroatoms. The second-order valence-corrected chi connectivity index (χ2v) is 5.42. The molecule has 2 nitrogen and oxygen atoms in total. The fourth-order valence-electron chi connectivity index (χ4n) is 2.08. The van der Waals surface area contributed by atoms with E-state index in [-0.39, 0.29) is 0 Å². The Hall–Kier alpha value is -1.52. The van der Waals surface area contributed by atoms with Crippen LogP contribution >= 0.6 is 24.2 Å². The number of para-hydroxylation sites is 2. The summed E-state index contributed by atoms with van der Waals surface area (Å²) in [6, 6.07) is 16.6. The van der Waals surface area contributed by atoms with Gasteiger partial charge in [0.15, 0.2) is 4.32 Å². The minimum atomic E-state index is 0.427. The van der Waals surface area contributed by atoms with Gasteiger partial charge >= 0.3 is 0 Å². The minimum Gasteiger partial charge on any atom is -0.383 e. The topological polar surface area (TPSA) is 30.9 Å². The second-order valence-electron chi connectivity index (χ2n) is 3.74. The van der Waals surface area contributed by atoms with Crippen molar-refractivity contribution in [1.82, 2.24) is 3.97 Å². The van der Waals surface area contributed by atoms with Crippen molar-refractivity contribution >= 4 is 50.3 Å². The van der Waals surface area contributed by atoms with Gasteiger partial charge in [0.25, 0.3) is 0 Å². The molecule has 0 saturated carbocycles. The first kappa shape index (κ1) is 10.6. The summed E-state index contributed by atoms with van der Waals surface area (Å²) in [5, 5.41) is 2.46. The van der Waals surface area contributed by atoms with Crippen LogP contribution in [0.3, 0.4) is 0 Å². The number of thiocarbonyl (C=S) groups is 1. The first-order chi connectivity index (χ1) is 8.27. The van der Waals surface area contributed by atoms with Crippen LogP contribution in [0.5, 0.6) is 0 Å². The number of nitrogens with two attached hydrogens (primary N) is 1. The molecule has 84 valence electrons. The summed E-state index contributed by atoms with van der Waals surface area (Å²) in [5.74, 6) is 0. The quantitative estimate of drug-likeness (QED) is 0.677. The molecule has 0 aliphatic heterocycles. The molecule has 0 atom stereocenters. The zero-order chi connectivity index (χ0) is 11.8. The second kappa shape index (κ2) is 4.05. The van der Waals surface area contributed by atoms with Crippen LogP contribution in [0.2, 0.25) is 0 Å². The third-order valence-corrected chi connectivity index (χ3v) is 3.70. The molecular weight excluding hydrogens is 248 g/mol. The van der Waals surface area contributed by atoms with Crippen molar-refractivity contribution in [2.24, 2.45) is 5.73 Å². The van der Waals surface area contributed by atoms with Gasteiger partial charge in [-0.3, -0.25) is 3.97 Å². The average Bonchev–Trinajstić information content (AvgIpc) is 2.65. The maximum Gasteiger partial charge on any atom is 0.152 e. The Morgan fingerprint density at radius 2 is 1.41 bits per heavy atom. The SMILES string of the molecule is NC(=S)Sn1c2ccccc2c2ccccc21. The highest BCUT2D eigenvalue weighted by Gasteiger charge is 2.10. The predicted octanol–water partition coefficient (Wildman–Crippen LogP) is 3.53. The number of aromatic nitrogens is 1. The van der Waals surface area contributed by atoms with E-state index in [0.29, 0.717) is 4.32 Å². The molecule has 1 aromatic heterocycles. The number of hydrogen-bond donors (Lipinski definition) is 1. The minimum absolute atomic E-state index is 0.427.